The number of hydrogen-bond acceptors (Lipinski definition) is 3. The van der Waals surface area contributed by atoms with Crippen molar-refractivity contribution in [2.24, 2.45) is 5.92 Å². The second-order valence-corrected chi connectivity index (χ2v) is 6.38. The number of piperidine rings is 1. The molecule has 3 nitrogen and oxygen atoms in total. The highest BCUT2D eigenvalue weighted by Crippen LogP contribution is 2.23. The van der Waals surface area contributed by atoms with Gasteiger partial charge in [-0.25, -0.2) is 4.98 Å². The van der Waals surface area contributed by atoms with Crippen LogP contribution in [0.4, 0.5) is 0 Å². The van der Waals surface area contributed by atoms with E-state index in [2.05, 4.69) is 35.3 Å². The van der Waals surface area contributed by atoms with Crippen molar-refractivity contribution in [2.75, 3.05) is 13.1 Å². The first kappa shape index (κ1) is 14.3. The first-order valence-corrected chi connectivity index (χ1v) is 8.48. The lowest BCUT2D eigenvalue weighted by Gasteiger charge is -2.32. The highest BCUT2D eigenvalue weighted by atomic mass is 32.1. The smallest absolute Gasteiger partial charge is 0.273 e. The van der Waals surface area contributed by atoms with Crippen LogP contribution in [0.2, 0.25) is 0 Å². The van der Waals surface area contributed by atoms with E-state index in [0.29, 0.717) is 11.6 Å². The van der Waals surface area contributed by atoms with Gasteiger partial charge >= 0.3 is 0 Å². The van der Waals surface area contributed by atoms with Gasteiger partial charge in [0.2, 0.25) is 0 Å². The van der Waals surface area contributed by atoms with Crippen molar-refractivity contribution in [2.45, 2.75) is 25.7 Å². The van der Waals surface area contributed by atoms with Gasteiger partial charge in [-0.1, -0.05) is 30.3 Å². The highest BCUT2D eigenvalue weighted by molar-refractivity contribution is 7.07. The molecule has 0 bridgehead atoms. The number of nitrogens with zero attached hydrogens (tertiary/aromatic N) is 2. The Kier molecular flexibility index (Phi) is 4.65. The van der Waals surface area contributed by atoms with Gasteiger partial charge in [-0.2, -0.15) is 0 Å². The van der Waals surface area contributed by atoms with Crippen molar-refractivity contribution in [1.82, 2.24) is 9.88 Å². The summed E-state index contributed by atoms with van der Waals surface area (Å²) < 4.78 is 0. The lowest BCUT2D eigenvalue weighted by Crippen LogP contribution is -2.40. The molecule has 1 aromatic carbocycles. The molecule has 0 saturated carbocycles. The Morgan fingerprint density at radius 1 is 1.33 bits per heavy atom. The predicted octanol–water partition coefficient (Wildman–Crippen LogP) is 3.63. The van der Waals surface area contributed by atoms with Gasteiger partial charge in [0, 0.05) is 18.5 Å². The largest absolute Gasteiger partial charge is 0.337 e. The van der Waals surface area contributed by atoms with E-state index in [-0.39, 0.29) is 5.91 Å². The summed E-state index contributed by atoms with van der Waals surface area (Å²) in [5.74, 6) is 0.710. The molecule has 3 rings (SSSR count). The minimum Gasteiger partial charge on any atom is -0.337 e. The standard InChI is InChI=1S/C17H20N2OS/c20-17(16-12-21-13-18-16)19-10-4-7-15(11-19)9-8-14-5-2-1-3-6-14/h1-3,5-6,12-13,15H,4,7-11H2/t15-/m1/s1. The first-order valence-electron chi connectivity index (χ1n) is 7.54. The van der Waals surface area contributed by atoms with Crippen LogP contribution in [0, 0.1) is 5.92 Å². The zero-order valence-electron chi connectivity index (χ0n) is 12.1. The van der Waals surface area contributed by atoms with Crippen molar-refractivity contribution >= 4 is 17.2 Å². The van der Waals surface area contributed by atoms with Crippen molar-refractivity contribution in [3.05, 3.63) is 52.5 Å². The molecule has 0 spiro atoms. The molecule has 21 heavy (non-hydrogen) atoms. The SMILES string of the molecule is O=C(c1cscn1)N1CCC[C@H](CCc2ccccc2)C1. The fourth-order valence-electron chi connectivity index (χ4n) is 2.98. The van der Waals surface area contributed by atoms with E-state index in [1.165, 1.54) is 23.3 Å². The number of hydrogen-bond donors (Lipinski definition) is 0. The van der Waals surface area contributed by atoms with Crippen molar-refractivity contribution < 1.29 is 4.79 Å². The third kappa shape index (κ3) is 3.70. The molecule has 1 fully saturated rings. The monoisotopic (exact) mass is 300 g/mol. The van der Waals surface area contributed by atoms with Crippen LogP contribution in [0.15, 0.2) is 41.2 Å². The van der Waals surface area contributed by atoms with Gasteiger partial charge in [0.1, 0.15) is 5.69 Å². The maximum atomic E-state index is 12.4. The molecule has 1 saturated heterocycles. The Morgan fingerprint density at radius 3 is 2.95 bits per heavy atom. The number of thiazole rings is 1. The maximum Gasteiger partial charge on any atom is 0.273 e. The van der Waals surface area contributed by atoms with Crippen LogP contribution in [0.3, 0.4) is 0 Å². The molecule has 110 valence electrons. The second-order valence-electron chi connectivity index (χ2n) is 5.66. The number of carbonyl (C=O) groups excluding carboxylic acids is 1. The van der Waals surface area contributed by atoms with Crippen LogP contribution in [-0.4, -0.2) is 28.9 Å². The Balaban J connectivity index is 1.55. The lowest BCUT2D eigenvalue weighted by atomic mass is 9.91. The third-order valence-electron chi connectivity index (χ3n) is 4.14. The fourth-order valence-corrected chi connectivity index (χ4v) is 3.51. The van der Waals surface area contributed by atoms with Gasteiger partial charge in [0.05, 0.1) is 5.51 Å². The topological polar surface area (TPSA) is 33.2 Å². The molecule has 2 aromatic rings. The molecule has 1 aromatic heterocycles. The number of aryl methyl sites for hydroxylation is 1. The van der Waals surface area contributed by atoms with Crippen LogP contribution in [-0.2, 0) is 6.42 Å². The Morgan fingerprint density at radius 2 is 2.19 bits per heavy atom. The Bertz CT molecular complexity index is 568. The number of aromatic nitrogens is 1. The summed E-state index contributed by atoms with van der Waals surface area (Å²) in [6.07, 6.45) is 4.60. The molecule has 1 atom stereocenters. The maximum absolute atomic E-state index is 12.4. The number of amides is 1. The molecule has 0 radical (unpaired) electrons. The normalized spacial score (nSPS) is 18.7. The van der Waals surface area contributed by atoms with Gasteiger partial charge in [-0.05, 0) is 37.2 Å². The number of rotatable bonds is 4. The molecule has 2 heterocycles. The molecule has 0 N–H and O–H groups in total. The number of benzene rings is 1. The fraction of sp³-hybridized carbons (Fsp3) is 0.412. The van der Waals surface area contributed by atoms with E-state index in [4.69, 9.17) is 0 Å². The highest BCUT2D eigenvalue weighted by Gasteiger charge is 2.25. The molecule has 4 heteroatoms. The van der Waals surface area contributed by atoms with Crippen molar-refractivity contribution in [3.8, 4) is 0 Å². The summed E-state index contributed by atoms with van der Waals surface area (Å²) in [5.41, 5.74) is 3.72. The van der Waals surface area contributed by atoms with E-state index in [0.717, 1.165) is 32.4 Å². The average Bonchev–Trinajstić information content (AvgIpc) is 3.08. The van der Waals surface area contributed by atoms with E-state index in [9.17, 15) is 4.79 Å². The van der Waals surface area contributed by atoms with Crippen LogP contribution < -0.4 is 0 Å². The molecular weight excluding hydrogens is 280 g/mol. The van der Waals surface area contributed by atoms with Gasteiger partial charge in [-0.15, -0.1) is 11.3 Å². The predicted molar refractivity (Wildman–Crippen MR) is 85.5 cm³/mol. The molecule has 0 unspecified atom stereocenters. The quantitative estimate of drug-likeness (QED) is 0.864. The summed E-state index contributed by atoms with van der Waals surface area (Å²) in [6, 6.07) is 10.6. The summed E-state index contributed by atoms with van der Waals surface area (Å²) in [4.78, 5) is 18.5. The summed E-state index contributed by atoms with van der Waals surface area (Å²) >= 11 is 1.48. The van der Waals surface area contributed by atoms with E-state index < -0.39 is 0 Å². The summed E-state index contributed by atoms with van der Waals surface area (Å²) in [7, 11) is 0. The molecule has 0 aliphatic carbocycles. The average molecular weight is 300 g/mol. The van der Waals surface area contributed by atoms with Gasteiger partial charge < -0.3 is 4.90 Å². The zero-order valence-corrected chi connectivity index (χ0v) is 12.9. The van der Waals surface area contributed by atoms with Crippen molar-refractivity contribution in [1.29, 1.82) is 0 Å². The van der Waals surface area contributed by atoms with Gasteiger partial charge in [0.25, 0.3) is 5.91 Å². The van der Waals surface area contributed by atoms with Gasteiger partial charge in [-0.3, -0.25) is 4.79 Å². The zero-order chi connectivity index (χ0) is 14.5. The second kappa shape index (κ2) is 6.85. The molecule has 1 aliphatic rings. The summed E-state index contributed by atoms with van der Waals surface area (Å²) in [5, 5.41) is 1.84. The Labute approximate surface area is 129 Å². The number of likely N-dealkylation sites (tertiary alicyclic amines) is 1. The minimum atomic E-state index is 0.0978. The van der Waals surface area contributed by atoms with Crippen molar-refractivity contribution in [3.63, 3.8) is 0 Å². The molecule has 1 amide bonds. The van der Waals surface area contributed by atoms with E-state index in [1.807, 2.05) is 10.3 Å². The third-order valence-corrected chi connectivity index (χ3v) is 4.73. The summed E-state index contributed by atoms with van der Waals surface area (Å²) in [6.45, 7) is 1.75. The van der Waals surface area contributed by atoms with E-state index >= 15 is 0 Å². The minimum absolute atomic E-state index is 0.0978. The van der Waals surface area contributed by atoms with Crippen LogP contribution in [0.1, 0.15) is 35.3 Å². The first-order chi connectivity index (χ1) is 10.3. The van der Waals surface area contributed by atoms with Crippen LogP contribution in [0.5, 0.6) is 0 Å². The van der Waals surface area contributed by atoms with Crippen LogP contribution >= 0.6 is 11.3 Å². The molecular formula is C17H20N2OS. The van der Waals surface area contributed by atoms with Gasteiger partial charge in [0.15, 0.2) is 0 Å². The lowest BCUT2D eigenvalue weighted by molar-refractivity contribution is 0.0663. The van der Waals surface area contributed by atoms with Crippen LogP contribution in [0.25, 0.3) is 0 Å². The molecule has 1 aliphatic heterocycles. The van der Waals surface area contributed by atoms with E-state index in [1.54, 1.807) is 5.51 Å². The Hall–Kier alpha value is -1.68. The number of carbonyl (C=O) groups is 1.